The molecule has 0 aliphatic rings. The van der Waals surface area contributed by atoms with Crippen LogP contribution in [0.2, 0.25) is 5.02 Å². The van der Waals surface area contributed by atoms with Crippen molar-refractivity contribution in [3.8, 4) is 0 Å². The zero-order valence-corrected chi connectivity index (χ0v) is 13.1. The minimum Gasteiger partial charge on any atom is -0.310 e. The Morgan fingerprint density at radius 1 is 1.50 bits per heavy atom. The van der Waals surface area contributed by atoms with Gasteiger partial charge in [0.05, 0.1) is 5.51 Å². The van der Waals surface area contributed by atoms with E-state index in [1.165, 1.54) is 10.4 Å². The van der Waals surface area contributed by atoms with Gasteiger partial charge in [0, 0.05) is 33.0 Å². The Bertz CT molecular complexity index is 502. The minimum atomic E-state index is 0.280. The average Bonchev–Trinajstić information content (AvgIpc) is 2.81. The lowest BCUT2D eigenvalue weighted by molar-refractivity contribution is 0.551. The van der Waals surface area contributed by atoms with Gasteiger partial charge < -0.3 is 5.32 Å². The fourth-order valence-corrected chi connectivity index (χ4v) is 3.47. The van der Waals surface area contributed by atoms with Crippen molar-refractivity contribution in [2.45, 2.75) is 19.4 Å². The fourth-order valence-electron chi connectivity index (χ4n) is 1.87. The van der Waals surface area contributed by atoms with Crippen LogP contribution in [-0.4, -0.2) is 11.5 Å². The van der Waals surface area contributed by atoms with Crippen LogP contribution in [-0.2, 0) is 6.42 Å². The third-order valence-corrected chi connectivity index (χ3v) is 4.40. The van der Waals surface area contributed by atoms with E-state index in [1.807, 2.05) is 23.8 Å². The van der Waals surface area contributed by atoms with Crippen LogP contribution in [0.1, 0.15) is 23.4 Å². The number of nitrogens with zero attached hydrogens (tertiary/aromatic N) is 1. The molecule has 1 aromatic heterocycles. The van der Waals surface area contributed by atoms with Gasteiger partial charge in [0.1, 0.15) is 0 Å². The largest absolute Gasteiger partial charge is 0.310 e. The number of thiazole rings is 1. The van der Waals surface area contributed by atoms with Gasteiger partial charge in [-0.3, -0.25) is 4.98 Å². The molecule has 0 aliphatic carbocycles. The summed E-state index contributed by atoms with van der Waals surface area (Å²) in [5, 5.41) is 4.25. The molecule has 0 bridgehead atoms. The Balaban J connectivity index is 2.23. The van der Waals surface area contributed by atoms with E-state index in [0.717, 1.165) is 22.5 Å². The monoisotopic (exact) mass is 344 g/mol. The zero-order valence-electron chi connectivity index (χ0n) is 9.99. The van der Waals surface area contributed by atoms with Gasteiger partial charge in [-0.05, 0) is 24.2 Å². The van der Waals surface area contributed by atoms with Crippen LogP contribution >= 0.6 is 38.9 Å². The van der Waals surface area contributed by atoms with E-state index in [1.54, 1.807) is 11.3 Å². The van der Waals surface area contributed by atoms with Crippen LogP contribution in [0.5, 0.6) is 0 Å². The maximum Gasteiger partial charge on any atom is 0.0794 e. The van der Waals surface area contributed by atoms with Crippen molar-refractivity contribution in [2.24, 2.45) is 0 Å². The summed E-state index contributed by atoms with van der Waals surface area (Å²) in [4.78, 5) is 5.40. The number of likely N-dealkylation sites (N-methyl/N-ethyl adjacent to an activating group) is 1. The third kappa shape index (κ3) is 3.54. The highest BCUT2D eigenvalue weighted by Gasteiger charge is 2.15. The standard InChI is InChI=1S/C13H14BrClN2S/c1-2-17-13(6-10-7-16-8-18-10)11-4-3-9(15)5-12(11)14/h3-5,7-8,13,17H,2,6H2,1H3. The summed E-state index contributed by atoms with van der Waals surface area (Å²) in [5.74, 6) is 0. The third-order valence-electron chi connectivity index (χ3n) is 2.68. The van der Waals surface area contributed by atoms with E-state index in [9.17, 15) is 0 Å². The molecule has 0 aliphatic heterocycles. The molecule has 0 saturated heterocycles. The number of aromatic nitrogens is 1. The quantitative estimate of drug-likeness (QED) is 0.866. The molecule has 0 radical (unpaired) electrons. The summed E-state index contributed by atoms with van der Waals surface area (Å²) in [6.07, 6.45) is 2.87. The van der Waals surface area contributed by atoms with E-state index in [4.69, 9.17) is 11.6 Å². The molecule has 0 saturated carbocycles. The molecule has 1 heterocycles. The van der Waals surface area contributed by atoms with Crippen LogP contribution in [0.3, 0.4) is 0 Å². The van der Waals surface area contributed by atoms with Crippen molar-refractivity contribution < 1.29 is 0 Å². The number of benzene rings is 1. The van der Waals surface area contributed by atoms with E-state index in [-0.39, 0.29) is 6.04 Å². The molecule has 2 rings (SSSR count). The van der Waals surface area contributed by atoms with Gasteiger partial charge in [0.25, 0.3) is 0 Å². The Labute approximate surface area is 125 Å². The second-order valence-electron chi connectivity index (χ2n) is 3.95. The highest BCUT2D eigenvalue weighted by Crippen LogP contribution is 2.29. The molecule has 2 nitrogen and oxygen atoms in total. The van der Waals surface area contributed by atoms with Crippen molar-refractivity contribution in [3.63, 3.8) is 0 Å². The minimum absolute atomic E-state index is 0.280. The van der Waals surface area contributed by atoms with Crippen LogP contribution in [0.4, 0.5) is 0 Å². The molecule has 0 spiro atoms. The summed E-state index contributed by atoms with van der Waals surface area (Å²) < 4.78 is 1.05. The van der Waals surface area contributed by atoms with Crippen LogP contribution in [0.15, 0.2) is 34.4 Å². The Morgan fingerprint density at radius 3 is 2.94 bits per heavy atom. The van der Waals surface area contributed by atoms with Crippen molar-refractivity contribution in [2.75, 3.05) is 6.54 Å². The zero-order chi connectivity index (χ0) is 13.0. The molecule has 5 heteroatoms. The van der Waals surface area contributed by atoms with Gasteiger partial charge in [-0.1, -0.05) is 40.5 Å². The molecule has 1 unspecified atom stereocenters. The number of halogens is 2. The first-order chi connectivity index (χ1) is 8.70. The van der Waals surface area contributed by atoms with Gasteiger partial charge in [0.2, 0.25) is 0 Å². The van der Waals surface area contributed by atoms with Crippen LogP contribution in [0.25, 0.3) is 0 Å². The molecular formula is C13H14BrClN2S. The molecule has 0 fully saturated rings. The first kappa shape index (κ1) is 14.0. The maximum absolute atomic E-state index is 5.98. The Morgan fingerprint density at radius 2 is 2.33 bits per heavy atom. The lowest BCUT2D eigenvalue weighted by Crippen LogP contribution is -2.23. The molecule has 1 aromatic carbocycles. The van der Waals surface area contributed by atoms with Crippen molar-refractivity contribution in [3.05, 3.63) is 49.8 Å². The van der Waals surface area contributed by atoms with Crippen molar-refractivity contribution >= 4 is 38.9 Å². The predicted molar refractivity (Wildman–Crippen MR) is 81.4 cm³/mol. The Hall–Kier alpha value is -0.420. The SMILES string of the molecule is CCNC(Cc1cncs1)c1ccc(Cl)cc1Br. The summed E-state index contributed by atoms with van der Waals surface area (Å²) in [5.41, 5.74) is 3.10. The molecule has 1 N–H and O–H groups in total. The topological polar surface area (TPSA) is 24.9 Å². The van der Waals surface area contributed by atoms with Gasteiger partial charge >= 0.3 is 0 Å². The van der Waals surface area contributed by atoms with Crippen LogP contribution < -0.4 is 5.32 Å². The maximum atomic E-state index is 5.98. The summed E-state index contributed by atoms with van der Waals surface area (Å²) in [6.45, 7) is 3.04. The van der Waals surface area contributed by atoms with E-state index >= 15 is 0 Å². The average molecular weight is 346 g/mol. The summed E-state index contributed by atoms with van der Waals surface area (Å²) in [7, 11) is 0. The van der Waals surface area contributed by atoms with Crippen molar-refractivity contribution in [1.29, 1.82) is 0 Å². The summed E-state index contributed by atoms with van der Waals surface area (Å²) in [6, 6.07) is 6.22. The second-order valence-corrected chi connectivity index (χ2v) is 6.21. The molecule has 96 valence electrons. The highest BCUT2D eigenvalue weighted by molar-refractivity contribution is 9.10. The first-order valence-corrected chi connectivity index (χ1v) is 7.81. The highest BCUT2D eigenvalue weighted by atomic mass is 79.9. The molecular weight excluding hydrogens is 332 g/mol. The second kappa shape index (κ2) is 6.66. The normalized spacial score (nSPS) is 12.6. The summed E-state index contributed by atoms with van der Waals surface area (Å²) >= 11 is 11.3. The Kier molecular flexibility index (Phi) is 5.18. The van der Waals surface area contributed by atoms with Crippen molar-refractivity contribution in [1.82, 2.24) is 10.3 Å². The number of hydrogen-bond donors (Lipinski definition) is 1. The van der Waals surface area contributed by atoms with Gasteiger partial charge in [0.15, 0.2) is 0 Å². The van der Waals surface area contributed by atoms with E-state index in [0.29, 0.717) is 0 Å². The van der Waals surface area contributed by atoms with E-state index < -0.39 is 0 Å². The number of hydrogen-bond acceptors (Lipinski definition) is 3. The predicted octanol–water partition coefficient (Wildman–Crippen LogP) is 4.45. The molecule has 0 amide bonds. The molecule has 2 aromatic rings. The molecule has 1 atom stereocenters. The van der Waals surface area contributed by atoms with Gasteiger partial charge in [-0.25, -0.2) is 0 Å². The van der Waals surface area contributed by atoms with Gasteiger partial charge in [-0.15, -0.1) is 11.3 Å². The number of rotatable bonds is 5. The fraction of sp³-hybridized carbons (Fsp3) is 0.308. The lowest BCUT2D eigenvalue weighted by atomic mass is 10.0. The van der Waals surface area contributed by atoms with Crippen LogP contribution in [0, 0.1) is 0 Å². The molecule has 18 heavy (non-hydrogen) atoms. The lowest BCUT2D eigenvalue weighted by Gasteiger charge is -2.19. The van der Waals surface area contributed by atoms with Gasteiger partial charge in [-0.2, -0.15) is 0 Å². The van der Waals surface area contributed by atoms with E-state index in [2.05, 4.69) is 39.2 Å². The smallest absolute Gasteiger partial charge is 0.0794 e. The number of nitrogens with one attached hydrogen (secondary N) is 1. The first-order valence-electron chi connectivity index (χ1n) is 5.76.